The topological polar surface area (TPSA) is 112 Å². The Morgan fingerprint density at radius 1 is 1.30 bits per heavy atom. The molecular weight excluding hydrogens is 408 g/mol. The van der Waals surface area contributed by atoms with Crippen LogP contribution in [0.25, 0.3) is 6.08 Å². The van der Waals surface area contributed by atoms with Crippen LogP contribution in [-0.4, -0.2) is 46.9 Å². The molecule has 1 N–H and O–H groups in total. The quantitative estimate of drug-likeness (QED) is 0.449. The monoisotopic (exact) mass is 424 g/mol. The van der Waals surface area contributed by atoms with Gasteiger partial charge in [0.1, 0.15) is 11.6 Å². The van der Waals surface area contributed by atoms with Crippen molar-refractivity contribution >= 4 is 62.0 Å². The second-order valence-electron chi connectivity index (χ2n) is 5.93. The zero-order chi connectivity index (χ0) is 19.8. The number of amides is 1. The first-order chi connectivity index (χ1) is 12.6. The van der Waals surface area contributed by atoms with Gasteiger partial charge in [0.2, 0.25) is 5.17 Å². The van der Waals surface area contributed by atoms with Crippen LogP contribution in [0.1, 0.15) is 19.4 Å². The molecule has 0 aliphatic carbocycles. The van der Waals surface area contributed by atoms with E-state index in [4.69, 9.17) is 9.59 Å². The van der Waals surface area contributed by atoms with E-state index in [0.29, 0.717) is 15.9 Å². The maximum absolute atomic E-state index is 12.3. The van der Waals surface area contributed by atoms with Crippen LogP contribution in [0.3, 0.4) is 0 Å². The predicted octanol–water partition coefficient (Wildman–Crippen LogP) is 2.74. The summed E-state index contributed by atoms with van der Waals surface area (Å²) in [4.78, 5) is 17.9. The fraction of sp³-hybridized carbons (Fsp3) is 0.250. The van der Waals surface area contributed by atoms with Crippen LogP contribution in [0.15, 0.2) is 39.2 Å². The smallest absolute Gasteiger partial charge is 0.306 e. The average Bonchev–Trinajstić information content (AvgIpc) is 2.93. The minimum Gasteiger partial charge on any atom is -0.383 e. The minimum atomic E-state index is -3.61. The van der Waals surface area contributed by atoms with E-state index in [1.165, 1.54) is 30.0 Å². The molecule has 2 aliphatic heterocycles. The molecule has 0 atom stereocenters. The first kappa shape index (κ1) is 19.6. The standard InChI is InChI=1S/C16H16N4O4S3/c1-9(2)25-16-19-26-15-18-14(21)12(13(17)20(15)16)8-10-4-6-11(7-5-10)24-27(3,22)23/h4-9,17H,1-3H3/b12-8-,17-13?. The van der Waals surface area contributed by atoms with Crippen LogP contribution >= 0.6 is 23.7 Å². The molecule has 0 saturated carbocycles. The molecule has 142 valence electrons. The van der Waals surface area contributed by atoms with Gasteiger partial charge in [-0.1, -0.05) is 37.7 Å². The Balaban J connectivity index is 1.87. The number of aliphatic imine (C=N–C) groups is 1. The van der Waals surface area contributed by atoms with Crippen molar-refractivity contribution < 1.29 is 17.4 Å². The summed E-state index contributed by atoms with van der Waals surface area (Å²) in [6.07, 6.45) is 2.50. The molecule has 0 bridgehead atoms. The summed E-state index contributed by atoms with van der Waals surface area (Å²) in [6.45, 7) is 4.03. The summed E-state index contributed by atoms with van der Waals surface area (Å²) >= 11 is 2.57. The summed E-state index contributed by atoms with van der Waals surface area (Å²) in [7, 11) is -3.61. The molecule has 1 aromatic rings. The van der Waals surface area contributed by atoms with Gasteiger partial charge in [0, 0.05) is 5.25 Å². The zero-order valence-electron chi connectivity index (χ0n) is 14.7. The maximum Gasteiger partial charge on any atom is 0.306 e. The van der Waals surface area contributed by atoms with Crippen LogP contribution in [0.5, 0.6) is 5.75 Å². The average molecular weight is 425 g/mol. The fourth-order valence-corrected chi connectivity index (χ4v) is 4.38. The number of fused-ring (bicyclic) bond motifs is 1. The second-order valence-corrected chi connectivity index (χ2v) is 9.78. The molecule has 0 aromatic heterocycles. The van der Waals surface area contributed by atoms with E-state index in [2.05, 4.69) is 9.39 Å². The molecule has 8 nitrogen and oxygen atoms in total. The van der Waals surface area contributed by atoms with Crippen molar-refractivity contribution in [2.24, 2.45) is 9.39 Å². The summed E-state index contributed by atoms with van der Waals surface area (Å²) in [5.74, 6) is -0.330. The number of carbonyl (C=O) groups excluding carboxylic acids is 1. The third kappa shape index (κ3) is 4.60. The van der Waals surface area contributed by atoms with Crippen molar-refractivity contribution in [1.82, 2.24) is 4.90 Å². The molecular formula is C16H16N4O4S3. The molecule has 11 heteroatoms. The number of amidine groups is 3. The van der Waals surface area contributed by atoms with Gasteiger partial charge in [0.25, 0.3) is 5.91 Å². The number of hydrogen-bond donors (Lipinski definition) is 1. The summed E-state index contributed by atoms with van der Waals surface area (Å²) < 4.78 is 31.4. The van der Waals surface area contributed by atoms with Gasteiger partial charge in [-0.05, 0) is 23.8 Å². The third-order valence-corrected chi connectivity index (χ3v) is 5.54. The molecule has 0 unspecified atom stereocenters. The minimum absolute atomic E-state index is 0.0124. The maximum atomic E-state index is 12.3. The Bertz CT molecular complexity index is 995. The molecule has 0 spiro atoms. The third-order valence-electron chi connectivity index (χ3n) is 3.27. The Labute approximate surface area is 165 Å². The fourth-order valence-electron chi connectivity index (χ4n) is 2.25. The predicted molar refractivity (Wildman–Crippen MR) is 110 cm³/mol. The number of nitrogens with one attached hydrogen (secondary N) is 1. The van der Waals surface area contributed by atoms with E-state index in [1.54, 1.807) is 17.0 Å². The highest BCUT2D eigenvalue weighted by Gasteiger charge is 2.37. The Morgan fingerprint density at radius 2 is 1.96 bits per heavy atom. The van der Waals surface area contributed by atoms with Gasteiger partial charge < -0.3 is 4.18 Å². The molecule has 27 heavy (non-hydrogen) atoms. The molecule has 1 amide bonds. The van der Waals surface area contributed by atoms with E-state index < -0.39 is 16.0 Å². The SMILES string of the molecule is CC(C)SC1=NSC2=NC(=O)/C(=C\c3ccc(OS(C)(=O)=O)cc3)C(=N)N21. The molecule has 3 rings (SSSR count). The van der Waals surface area contributed by atoms with Crippen LogP contribution in [-0.2, 0) is 14.9 Å². The highest BCUT2D eigenvalue weighted by molar-refractivity contribution is 8.19. The van der Waals surface area contributed by atoms with Crippen molar-refractivity contribution in [1.29, 1.82) is 5.41 Å². The molecule has 0 fully saturated rings. The number of carbonyl (C=O) groups is 1. The lowest BCUT2D eigenvalue weighted by Crippen LogP contribution is -2.41. The van der Waals surface area contributed by atoms with Crippen molar-refractivity contribution in [2.45, 2.75) is 19.1 Å². The number of rotatable bonds is 4. The Kier molecular flexibility index (Phi) is 5.45. The normalized spacial score (nSPS) is 18.7. The van der Waals surface area contributed by atoms with Gasteiger partial charge in [-0.3, -0.25) is 10.2 Å². The van der Waals surface area contributed by atoms with Crippen LogP contribution in [0.4, 0.5) is 0 Å². The van der Waals surface area contributed by atoms with Crippen molar-refractivity contribution in [2.75, 3.05) is 6.26 Å². The van der Waals surface area contributed by atoms with Crippen LogP contribution < -0.4 is 4.18 Å². The molecule has 2 aliphatic rings. The zero-order valence-corrected chi connectivity index (χ0v) is 17.1. The highest BCUT2D eigenvalue weighted by atomic mass is 32.2. The van der Waals surface area contributed by atoms with Gasteiger partial charge in [-0.2, -0.15) is 17.8 Å². The lowest BCUT2D eigenvalue weighted by molar-refractivity contribution is -0.114. The molecule has 2 heterocycles. The Morgan fingerprint density at radius 3 is 2.56 bits per heavy atom. The lowest BCUT2D eigenvalue weighted by Gasteiger charge is -2.25. The van der Waals surface area contributed by atoms with Gasteiger partial charge in [0.05, 0.1) is 23.8 Å². The van der Waals surface area contributed by atoms with E-state index in [0.717, 1.165) is 18.2 Å². The van der Waals surface area contributed by atoms with Crippen LogP contribution in [0.2, 0.25) is 0 Å². The first-order valence-corrected chi connectivity index (χ1v) is 11.3. The van der Waals surface area contributed by atoms with Gasteiger partial charge in [-0.15, -0.1) is 0 Å². The van der Waals surface area contributed by atoms with E-state index >= 15 is 0 Å². The molecule has 1 aromatic carbocycles. The summed E-state index contributed by atoms with van der Waals surface area (Å²) in [5, 5.41) is 9.70. The Hall–Kier alpha value is -2.11. The van der Waals surface area contributed by atoms with Crippen LogP contribution in [0, 0.1) is 5.41 Å². The first-order valence-electron chi connectivity index (χ1n) is 7.79. The number of nitrogens with zero attached hydrogens (tertiary/aromatic N) is 3. The van der Waals surface area contributed by atoms with Crippen molar-refractivity contribution in [3.63, 3.8) is 0 Å². The van der Waals surface area contributed by atoms with Gasteiger partial charge in [0.15, 0.2) is 5.17 Å². The molecule has 0 radical (unpaired) electrons. The number of benzene rings is 1. The summed E-state index contributed by atoms with van der Waals surface area (Å²) in [6, 6.07) is 6.16. The van der Waals surface area contributed by atoms with E-state index in [-0.39, 0.29) is 22.4 Å². The van der Waals surface area contributed by atoms with Crippen molar-refractivity contribution in [3.8, 4) is 5.75 Å². The second kappa shape index (κ2) is 7.49. The van der Waals surface area contributed by atoms with Gasteiger partial charge >= 0.3 is 10.1 Å². The lowest BCUT2D eigenvalue weighted by atomic mass is 10.1. The largest absolute Gasteiger partial charge is 0.383 e. The van der Waals surface area contributed by atoms with Gasteiger partial charge in [-0.25, -0.2) is 4.90 Å². The summed E-state index contributed by atoms with van der Waals surface area (Å²) in [5.41, 5.74) is 0.750. The number of hydrogen-bond acceptors (Lipinski definition) is 8. The highest BCUT2D eigenvalue weighted by Crippen LogP contribution is 2.33. The van der Waals surface area contributed by atoms with E-state index in [9.17, 15) is 13.2 Å². The molecule has 0 saturated heterocycles. The van der Waals surface area contributed by atoms with E-state index in [1.807, 2.05) is 13.8 Å². The number of thioether (sulfide) groups is 1. The van der Waals surface area contributed by atoms with Crippen molar-refractivity contribution in [3.05, 3.63) is 35.4 Å².